The zero-order valence-corrected chi connectivity index (χ0v) is 17.9. The van der Waals surface area contributed by atoms with Crippen LogP contribution in [0.4, 0.5) is 5.69 Å². The molecular formula is C23H24N2O4S. The molecule has 0 aliphatic carbocycles. The molecule has 0 fully saturated rings. The molecule has 3 aromatic carbocycles. The van der Waals surface area contributed by atoms with Crippen molar-refractivity contribution in [3.63, 3.8) is 0 Å². The van der Waals surface area contributed by atoms with Gasteiger partial charge in [-0.25, -0.2) is 8.42 Å². The predicted octanol–water partition coefficient (Wildman–Crippen LogP) is 4.08. The lowest BCUT2D eigenvalue weighted by Crippen LogP contribution is -2.26. The summed E-state index contributed by atoms with van der Waals surface area (Å²) in [6.45, 7) is 2.13. The second kappa shape index (κ2) is 9.00. The number of hydrogen-bond acceptors (Lipinski definition) is 4. The van der Waals surface area contributed by atoms with Gasteiger partial charge >= 0.3 is 0 Å². The molecule has 0 saturated heterocycles. The Hall–Kier alpha value is -3.32. The van der Waals surface area contributed by atoms with Gasteiger partial charge in [-0.2, -0.15) is 0 Å². The van der Waals surface area contributed by atoms with Crippen LogP contribution < -0.4 is 9.46 Å². The number of nitrogens with one attached hydrogen (secondary N) is 1. The summed E-state index contributed by atoms with van der Waals surface area (Å²) in [6.07, 6.45) is 0. The van der Waals surface area contributed by atoms with Gasteiger partial charge < -0.3 is 9.64 Å². The van der Waals surface area contributed by atoms with Crippen molar-refractivity contribution in [3.05, 3.63) is 89.5 Å². The number of amides is 1. The first-order chi connectivity index (χ1) is 14.3. The Bertz CT molecular complexity index is 1130. The Balaban J connectivity index is 1.83. The molecule has 0 spiro atoms. The second-order valence-electron chi connectivity index (χ2n) is 6.96. The highest BCUT2D eigenvalue weighted by Crippen LogP contribution is 2.23. The summed E-state index contributed by atoms with van der Waals surface area (Å²) in [4.78, 5) is 14.5. The average Bonchev–Trinajstić information content (AvgIpc) is 2.74. The Kier molecular flexibility index (Phi) is 6.42. The van der Waals surface area contributed by atoms with Crippen molar-refractivity contribution in [2.75, 3.05) is 18.9 Å². The maximum atomic E-state index is 12.9. The van der Waals surface area contributed by atoms with E-state index in [2.05, 4.69) is 4.72 Å². The van der Waals surface area contributed by atoms with E-state index in [4.69, 9.17) is 4.74 Å². The van der Waals surface area contributed by atoms with E-state index in [0.717, 1.165) is 5.56 Å². The topological polar surface area (TPSA) is 75.7 Å². The maximum Gasteiger partial charge on any atom is 0.262 e. The van der Waals surface area contributed by atoms with Crippen LogP contribution in [0.5, 0.6) is 5.75 Å². The Morgan fingerprint density at radius 1 is 1.00 bits per heavy atom. The molecule has 0 aliphatic rings. The number of nitrogens with zero attached hydrogens (tertiary/aromatic N) is 1. The van der Waals surface area contributed by atoms with E-state index < -0.39 is 10.0 Å². The molecular weight excluding hydrogens is 400 g/mol. The summed E-state index contributed by atoms with van der Waals surface area (Å²) in [7, 11) is -0.631. The lowest BCUT2D eigenvalue weighted by molar-refractivity contribution is 0.0785. The molecule has 0 aliphatic heterocycles. The molecule has 0 radical (unpaired) electrons. The van der Waals surface area contributed by atoms with E-state index >= 15 is 0 Å². The minimum absolute atomic E-state index is 0.0669. The van der Waals surface area contributed by atoms with Crippen LogP contribution in [-0.2, 0) is 16.6 Å². The van der Waals surface area contributed by atoms with Gasteiger partial charge in [-0.15, -0.1) is 0 Å². The number of sulfonamides is 1. The van der Waals surface area contributed by atoms with Crippen molar-refractivity contribution in [1.29, 1.82) is 0 Å². The minimum atomic E-state index is -3.87. The Morgan fingerprint density at radius 3 is 2.30 bits per heavy atom. The number of aryl methyl sites for hydroxylation is 1. The van der Waals surface area contributed by atoms with E-state index in [-0.39, 0.29) is 10.8 Å². The highest BCUT2D eigenvalue weighted by atomic mass is 32.2. The molecule has 3 rings (SSSR count). The fourth-order valence-electron chi connectivity index (χ4n) is 3.04. The normalized spacial score (nSPS) is 11.0. The van der Waals surface area contributed by atoms with Crippen LogP contribution >= 0.6 is 0 Å². The lowest BCUT2D eigenvalue weighted by atomic mass is 10.1. The van der Waals surface area contributed by atoms with Crippen molar-refractivity contribution in [2.45, 2.75) is 18.4 Å². The van der Waals surface area contributed by atoms with E-state index in [1.165, 1.54) is 6.07 Å². The predicted molar refractivity (Wildman–Crippen MR) is 117 cm³/mol. The van der Waals surface area contributed by atoms with Crippen molar-refractivity contribution >= 4 is 21.6 Å². The molecule has 0 atom stereocenters. The zero-order chi connectivity index (χ0) is 21.7. The smallest absolute Gasteiger partial charge is 0.262 e. The first-order valence-corrected chi connectivity index (χ1v) is 10.9. The highest BCUT2D eigenvalue weighted by molar-refractivity contribution is 7.92. The monoisotopic (exact) mass is 424 g/mol. The maximum absolute atomic E-state index is 12.9. The van der Waals surface area contributed by atoms with E-state index in [1.54, 1.807) is 62.4 Å². The number of benzene rings is 3. The van der Waals surface area contributed by atoms with Crippen LogP contribution in [0.2, 0.25) is 0 Å². The van der Waals surface area contributed by atoms with Crippen molar-refractivity contribution in [2.24, 2.45) is 0 Å². The molecule has 7 heteroatoms. The van der Waals surface area contributed by atoms with Gasteiger partial charge in [0.25, 0.3) is 15.9 Å². The van der Waals surface area contributed by atoms with Gasteiger partial charge in [-0.05, 0) is 54.4 Å². The number of ether oxygens (including phenoxy) is 1. The van der Waals surface area contributed by atoms with Gasteiger partial charge in [0.15, 0.2) is 0 Å². The number of hydrogen-bond donors (Lipinski definition) is 1. The van der Waals surface area contributed by atoms with E-state index in [1.807, 2.05) is 30.3 Å². The highest BCUT2D eigenvalue weighted by Gasteiger charge is 2.21. The van der Waals surface area contributed by atoms with Gasteiger partial charge in [0.1, 0.15) is 5.75 Å². The molecule has 0 bridgehead atoms. The van der Waals surface area contributed by atoms with Gasteiger partial charge in [0, 0.05) is 24.8 Å². The Labute approximate surface area is 177 Å². The molecule has 30 heavy (non-hydrogen) atoms. The summed E-state index contributed by atoms with van der Waals surface area (Å²) >= 11 is 0. The van der Waals surface area contributed by atoms with E-state index in [0.29, 0.717) is 29.1 Å². The van der Waals surface area contributed by atoms with Crippen LogP contribution in [0.25, 0.3) is 0 Å². The third kappa shape index (κ3) is 4.99. The second-order valence-corrected chi connectivity index (χ2v) is 8.61. The number of rotatable bonds is 7. The third-order valence-electron chi connectivity index (χ3n) is 4.68. The number of carbonyl (C=O) groups excluding carboxylic acids is 1. The largest absolute Gasteiger partial charge is 0.497 e. The average molecular weight is 425 g/mol. The SMILES string of the molecule is COc1ccc(NS(=O)(=O)c2cc(C(=O)N(C)Cc3ccccc3)ccc2C)cc1. The minimum Gasteiger partial charge on any atom is -0.497 e. The Morgan fingerprint density at radius 2 is 1.67 bits per heavy atom. The van der Waals surface area contributed by atoms with Crippen LogP contribution in [-0.4, -0.2) is 33.4 Å². The molecule has 156 valence electrons. The molecule has 0 unspecified atom stereocenters. The van der Waals surface area contributed by atoms with Crippen LogP contribution in [0.1, 0.15) is 21.5 Å². The summed E-state index contributed by atoms with van der Waals surface area (Å²) < 4.78 is 33.5. The molecule has 0 heterocycles. The van der Waals surface area contributed by atoms with Crippen LogP contribution in [0, 0.1) is 6.92 Å². The number of carbonyl (C=O) groups is 1. The molecule has 1 N–H and O–H groups in total. The standard InChI is InChI=1S/C23H24N2O4S/c1-17-9-10-19(23(26)25(2)16-18-7-5-4-6-8-18)15-22(17)30(27,28)24-20-11-13-21(29-3)14-12-20/h4-15,24H,16H2,1-3H3. The molecule has 6 nitrogen and oxygen atoms in total. The molecule has 0 aromatic heterocycles. The quantitative estimate of drug-likeness (QED) is 0.620. The van der Waals surface area contributed by atoms with Crippen molar-refractivity contribution in [3.8, 4) is 5.75 Å². The van der Waals surface area contributed by atoms with Crippen LogP contribution in [0.15, 0.2) is 77.7 Å². The molecule has 0 saturated carbocycles. The molecule has 3 aromatic rings. The van der Waals surface area contributed by atoms with Crippen molar-refractivity contribution in [1.82, 2.24) is 4.90 Å². The zero-order valence-electron chi connectivity index (χ0n) is 17.1. The number of anilines is 1. The fourth-order valence-corrected chi connectivity index (χ4v) is 4.37. The fraction of sp³-hybridized carbons (Fsp3) is 0.174. The van der Waals surface area contributed by atoms with Crippen LogP contribution in [0.3, 0.4) is 0 Å². The van der Waals surface area contributed by atoms with Gasteiger partial charge in [-0.3, -0.25) is 9.52 Å². The first-order valence-electron chi connectivity index (χ1n) is 9.37. The summed E-state index contributed by atoms with van der Waals surface area (Å²) in [5, 5.41) is 0. The molecule has 1 amide bonds. The summed E-state index contributed by atoms with van der Waals surface area (Å²) in [5.74, 6) is 0.378. The summed E-state index contributed by atoms with van der Waals surface area (Å²) in [6, 6.07) is 20.9. The van der Waals surface area contributed by atoms with Gasteiger partial charge in [-0.1, -0.05) is 36.4 Å². The first kappa shape index (κ1) is 21.4. The number of methoxy groups -OCH3 is 1. The van der Waals surface area contributed by atoms with Gasteiger partial charge in [0.2, 0.25) is 0 Å². The summed E-state index contributed by atoms with van der Waals surface area (Å²) in [5.41, 5.74) is 2.27. The van der Waals surface area contributed by atoms with Gasteiger partial charge in [0.05, 0.1) is 12.0 Å². The van der Waals surface area contributed by atoms with E-state index in [9.17, 15) is 13.2 Å². The lowest BCUT2D eigenvalue weighted by Gasteiger charge is -2.18. The van der Waals surface area contributed by atoms with Crippen molar-refractivity contribution < 1.29 is 17.9 Å². The third-order valence-corrected chi connectivity index (χ3v) is 6.20.